The molecule has 27 heavy (non-hydrogen) atoms. The van der Waals surface area contributed by atoms with Crippen LogP contribution in [0, 0.1) is 5.82 Å². The van der Waals surface area contributed by atoms with Crippen molar-refractivity contribution in [3.63, 3.8) is 0 Å². The van der Waals surface area contributed by atoms with Crippen LogP contribution in [0.15, 0.2) is 18.2 Å². The molecule has 148 valence electrons. The normalized spacial score (nSPS) is 19.7. The third-order valence-electron chi connectivity index (χ3n) is 3.87. The number of ether oxygens (including phenoxy) is 1. The lowest BCUT2D eigenvalue weighted by atomic mass is 10.1. The molecule has 1 N–H and O–H groups in total. The van der Waals surface area contributed by atoms with Crippen molar-refractivity contribution in [1.29, 1.82) is 0 Å². The van der Waals surface area contributed by atoms with Gasteiger partial charge >= 0.3 is 6.09 Å². The summed E-state index contributed by atoms with van der Waals surface area (Å²) >= 11 is 5.63. The van der Waals surface area contributed by atoms with Crippen molar-refractivity contribution in [2.45, 2.75) is 45.0 Å². The van der Waals surface area contributed by atoms with Crippen LogP contribution in [0.4, 0.5) is 13.6 Å². The van der Waals surface area contributed by atoms with Crippen molar-refractivity contribution in [2.24, 2.45) is 0 Å². The van der Waals surface area contributed by atoms with E-state index in [0.29, 0.717) is 0 Å². The van der Waals surface area contributed by atoms with E-state index >= 15 is 0 Å². The second-order valence-corrected chi connectivity index (χ2v) is 7.64. The van der Waals surface area contributed by atoms with E-state index < -0.39 is 48.0 Å². The molecule has 0 aromatic heterocycles. The van der Waals surface area contributed by atoms with E-state index in [2.05, 4.69) is 5.32 Å². The number of hydrogen-bond donors (Lipinski definition) is 1. The van der Waals surface area contributed by atoms with Crippen LogP contribution in [0.25, 0.3) is 0 Å². The Morgan fingerprint density at radius 3 is 2.63 bits per heavy atom. The van der Waals surface area contributed by atoms with Crippen molar-refractivity contribution in [2.75, 3.05) is 13.1 Å². The van der Waals surface area contributed by atoms with Gasteiger partial charge in [-0.15, -0.1) is 0 Å². The zero-order valence-electron chi connectivity index (χ0n) is 15.2. The molecule has 9 heteroatoms. The Kier molecular flexibility index (Phi) is 6.41. The van der Waals surface area contributed by atoms with Crippen LogP contribution in [-0.2, 0) is 9.53 Å². The molecule has 0 bridgehead atoms. The largest absolute Gasteiger partial charge is 0.444 e. The topological polar surface area (TPSA) is 75.7 Å². The summed E-state index contributed by atoms with van der Waals surface area (Å²) in [6.45, 7) is 4.23. The Balaban J connectivity index is 2.02. The Morgan fingerprint density at radius 1 is 1.33 bits per heavy atom. The van der Waals surface area contributed by atoms with Crippen molar-refractivity contribution in [3.8, 4) is 0 Å². The van der Waals surface area contributed by atoms with Crippen molar-refractivity contribution in [1.82, 2.24) is 10.2 Å². The summed E-state index contributed by atoms with van der Waals surface area (Å²) in [6, 6.07) is 2.86. The van der Waals surface area contributed by atoms with E-state index in [1.807, 2.05) is 0 Å². The maximum absolute atomic E-state index is 13.9. The zero-order valence-corrected chi connectivity index (χ0v) is 16.0. The first-order chi connectivity index (χ1) is 12.5. The lowest BCUT2D eigenvalue weighted by molar-refractivity contribution is -0.122. The quantitative estimate of drug-likeness (QED) is 0.839. The van der Waals surface area contributed by atoms with Gasteiger partial charge in [0, 0.05) is 6.42 Å². The molecule has 2 rings (SSSR count). The third kappa shape index (κ3) is 5.38. The van der Waals surface area contributed by atoms with E-state index in [4.69, 9.17) is 16.3 Å². The van der Waals surface area contributed by atoms with E-state index in [-0.39, 0.29) is 23.6 Å². The van der Waals surface area contributed by atoms with Crippen LogP contribution < -0.4 is 5.32 Å². The van der Waals surface area contributed by atoms with Gasteiger partial charge in [-0.25, -0.2) is 13.6 Å². The summed E-state index contributed by atoms with van der Waals surface area (Å²) < 4.78 is 32.8. The van der Waals surface area contributed by atoms with E-state index in [1.165, 1.54) is 18.2 Å². The third-order valence-corrected chi connectivity index (χ3v) is 4.16. The van der Waals surface area contributed by atoms with Gasteiger partial charge in [0.05, 0.1) is 29.7 Å². The zero-order chi connectivity index (χ0) is 20.4. The standard InChI is InChI=1S/C18H21ClF2N2O4/c1-18(2,3)27-17(26)23-9-10(20)7-13(23)14(24)8-22-16(25)11-5-4-6-12(19)15(11)21/h4-6,10,13H,7-9H2,1-3H3,(H,22,25)/t10-,13+/m1/s1. The molecule has 2 amide bonds. The summed E-state index contributed by atoms with van der Waals surface area (Å²) in [5.41, 5.74) is -1.11. The van der Waals surface area contributed by atoms with Gasteiger partial charge in [-0.1, -0.05) is 17.7 Å². The van der Waals surface area contributed by atoms with Crippen molar-refractivity contribution < 1.29 is 27.9 Å². The summed E-state index contributed by atoms with van der Waals surface area (Å²) in [7, 11) is 0. The predicted octanol–water partition coefficient (Wildman–Crippen LogP) is 3.13. The molecule has 1 aromatic carbocycles. The van der Waals surface area contributed by atoms with Crippen molar-refractivity contribution in [3.05, 3.63) is 34.6 Å². The second-order valence-electron chi connectivity index (χ2n) is 7.23. The minimum atomic E-state index is -1.37. The molecule has 6 nitrogen and oxygen atoms in total. The number of alkyl halides is 1. The number of amides is 2. The molecule has 1 aromatic rings. The van der Waals surface area contributed by atoms with Gasteiger partial charge in [-0.2, -0.15) is 0 Å². The van der Waals surface area contributed by atoms with Gasteiger partial charge in [0.1, 0.15) is 11.8 Å². The minimum Gasteiger partial charge on any atom is -0.444 e. The fourth-order valence-corrected chi connectivity index (χ4v) is 2.85. The Labute approximate surface area is 160 Å². The number of nitrogens with one attached hydrogen (secondary N) is 1. The van der Waals surface area contributed by atoms with E-state index in [9.17, 15) is 23.2 Å². The molecule has 2 atom stereocenters. The molecule has 1 saturated heterocycles. The number of likely N-dealkylation sites (tertiary alicyclic amines) is 1. The van der Waals surface area contributed by atoms with Crippen LogP contribution >= 0.6 is 11.6 Å². The van der Waals surface area contributed by atoms with Gasteiger partial charge in [0.25, 0.3) is 5.91 Å². The molecule has 0 aliphatic carbocycles. The number of rotatable bonds is 4. The molecule has 1 aliphatic rings. The lowest BCUT2D eigenvalue weighted by Gasteiger charge is -2.27. The van der Waals surface area contributed by atoms with Gasteiger partial charge in [-0.05, 0) is 32.9 Å². The number of carbonyl (C=O) groups is 3. The van der Waals surface area contributed by atoms with Gasteiger partial charge in [0.15, 0.2) is 11.6 Å². The average Bonchev–Trinajstić information content (AvgIpc) is 2.95. The summed E-state index contributed by atoms with van der Waals surface area (Å²) in [4.78, 5) is 37.7. The van der Waals surface area contributed by atoms with E-state index in [0.717, 1.165) is 4.90 Å². The SMILES string of the molecule is CC(C)(C)OC(=O)N1C[C@H](F)C[C@H]1C(=O)CNC(=O)c1cccc(Cl)c1F. The molecule has 0 saturated carbocycles. The Bertz CT molecular complexity index is 751. The molecule has 1 aliphatic heterocycles. The smallest absolute Gasteiger partial charge is 0.411 e. The van der Waals surface area contributed by atoms with Gasteiger partial charge in [-0.3, -0.25) is 14.5 Å². The monoisotopic (exact) mass is 402 g/mol. The summed E-state index contributed by atoms with van der Waals surface area (Å²) in [6.07, 6.45) is -2.35. The number of hydrogen-bond acceptors (Lipinski definition) is 4. The highest BCUT2D eigenvalue weighted by Gasteiger charge is 2.41. The number of halogens is 3. The molecule has 1 heterocycles. The molecular weight excluding hydrogens is 382 g/mol. The first-order valence-corrected chi connectivity index (χ1v) is 8.76. The number of carbonyl (C=O) groups excluding carboxylic acids is 3. The molecule has 1 fully saturated rings. The lowest BCUT2D eigenvalue weighted by Crippen LogP contribution is -2.46. The number of benzene rings is 1. The number of nitrogens with zero attached hydrogens (tertiary/aromatic N) is 1. The Hall–Kier alpha value is -2.22. The second kappa shape index (κ2) is 8.21. The molecule has 0 spiro atoms. The fourth-order valence-electron chi connectivity index (χ4n) is 2.67. The fraction of sp³-hybridized carbons (Fsp3) is 0.500. The Morgan fingerprint density at radius 2 is 2.00 bits per heavy atom. The van der Waals surface area contributed by atoms with Crippen LogP contribution in [0.3, 0.4) is 0 Å². The van der Waals surface area contributed by atoms with Crippen LogP contribution in [-0.4, -0.2) is 53.6 Å². The van der Waals surface area contributed by atoms with Gasteiger partial charge < -0.3 is 10.1 Å². The van der Waals surface area contributed by atoms with Crippen LogP contribution in [0.1, 0.15) is 37.6 Å². The number of Topliss-reactive ketones (excluding diaryl/α,β-unsaturated/α-hetero) is 1. The first kappa shape index (κ1) is 21.1. The number of ketones is 1. The van der Waals surface area contributed by atoms with E-state index in [1.54, 1.807) is 20.8 Å². The molecule has 0 unspecified atom stereocenters. The maximum Gasteiger partial charge on any atom is 0.411 e. The average molecular weight is 403 g/mol. The first-order valence-electron chi connectivity index (χ1n) is 8.38. The highest BCUT2D eigenvalue weighted by molar-refractivity contribution is 6.31. The van der Waals surface area contributed by atoms with Crippen molar-refractivity contribution >= 4 is 29.4 Å². The molecule has 0 radical (unpaired) electrons. The highest BCUT2D eigenvalue weighted by atomic mass is 35.5. The summed E-state index contributed by atoms with van der Waals surface area (Å²) in [5, 5.41) is 2.06. The predicted molar refractivity (Wildman–Crippen MR) is 95.0 cm³/mol. The van der Waals surface area contributed by atoms with Crippen LogP contribution in [0.2, 0.25) is 5.02 Å². The maximum atomic E-state index is 13.9. The summed E-state index contributed by atoms with van der Waals surface area (Å²) in [5.74, 6) is -2.30. The molecular formula is C18H21ClF2N2O4. The minimum absolute atomic E-state index is 0.181. The van der Waals surface area contributed by atoms with Crippen LogP contribution in [0.5, 0.6) is 0 Å². The highest BCUT2D eigenvalue weighted by Crippen LogP contribution is 2.24. The van der Waals surface area contributed by atoms with Gasteiger partial charge in [0.2, 0.25) is 0 Å².